The van der Waals surface area contributed by atoms with Crippen molar-refractivity contribution < 1.29 is 9.72 Å². The van der Waals surface area contributed by atoms with Crippen molar-refractivity contribution in [2.24, 2.45) is 5.41 Å². The lowest BCUT2D eigenvalue weighted by Crippen LogP contribution is -2.20. The molecule has 0 aliphatic heterocycles. The second kappa shape index (κ2) is 5.48. The van der Waals surface area contributed by atoms with Gasteiger partial charge in [-0.05, 0) is 12.5 Å². The molecular formula is C13H16ClNO3. The molecule has 1 aromatic rings. The lowest BCUT2D eigenvalue weighted by Gasteiger charge is -2.16. The second-order valence-electron chi connectivity index (χ2n) is 5.17. The Morgan fingerprint density at radius 3 is 2.50 bits per heavy atom. The zero-order valence-electron chi connectivity index (χ0n) is 10.7. The maximum absolute atomic E-state index is 11.8. The fourth-order valence-electron chi connectivity index (χ4n) is 1.58. The molecule has 0 aliphatic rings. The Balaban J connectivity index is 2.92. The number of nitro groups is 1. The van der Waals surface area contributed by atoms with Gasteiger partial charge in [-0.3, -0.25) is 14.9 Å². The molecule has 0 aromatic heterocycles. The van der Waals surface area contributed by atoms with Crippen LogP contribution in [0.3, 0.4) is 0 Å². The zero-order valence-corrected chi connectivity index (χ0v) is 11.5. The maximum atomic E-state index is 11.8. The Hall–Kier alpha value is -1.42. The standard InChI is InChI=1S/C13H16ClNO3/c1-13(2,3)12(16)8-7-9-10(14)5-4-6-11(9)15(17)18/h4-6H,7-8H2,1-3H3. The molecule has 1 rings (SSSR count). The van der Waals surface area contributed by atoms with Crippen molar-refractivity contribution in [2.45, 2.75) is 33.6 Å². The Labute approximate surface area is 111 Å². The Morgan fingerprint density at radius 2 is 2.00 bits per heavy atom. The highest BCUT2D eigenvalue weighted by Crippen LogP contribution is 2.28. The summed E-state index contributed by atoms with van der Waals surface area (Å²) in [6.07, 6.45) is 0.556. The Morgan fingerprint density at radius 1 is 1.39 bits per heavy atom. The first kappa shape index (κ1) is 14.6. The SMILES string of the molecule is CC(C)(C)C(=O)CCc1c(Cl)cccc1[N+](=O)[O-]. The van der Waals surface area contributed by atoms with Gasteiger partial charge in [0.1, 0.15) is 5.78 Å². The lowest BCUT2D eigenvalue weighted by atomic mass is 9.87. The van der Waals surface area contributed by atoms with E-state index in [1.54, 1.807) is 6.07 Å². The van der Waals surface area contributed by atoms with E-state index in [1.807, 2.05) is 20.8 Å². The van der Waals surface area contributed by atoms with E-state index < -0.39 is 10.3 Å². The van der Waals surface area contributed by atoms with E-state index in [4.69, 9.17) is 11.6 Å². The maximum Gasteiger partial charge on any atom is 0.274 e. The van der Waals surface area contributed by atoms with Crippen molar-refractivity contribution >= 4 is 23.1 Å². The summed E-state index contributed by atoms with van der Waals surface area (Å²) in [4.78, 5) is 22.2. The molecule has 1 aromatic carbocycles. The van der Waals surface area contributed by atoms with Gasteiger partial charge in [0.15, 0.2) is 0 Å². The predicted molar refractivity (Wildman–Crippen MR) is 70.9 cm³/mol. The number of nitrogens with zero attached hydrogens (tertiary/aromatic N) is 1. The van der Waals surface area contributed by atoms with Gasteiger partial charge in [0, 0.05) is 23.5 Å². The topological polar surface area (TPSA) is 60.2 Å². The van der Waals surface area contributed by atoms with E-state index in [0.717, 1.165) is 0 Å². The van der Waals surface area contributed by atoms with Gasteiger partial charge in [0.05, 0.1) is 9.95 Å². The van der Waals surface area contributed by atoms with Crippen LogP contribution in [0.4, 0.5) is 5.69 Å². The lowest BCUT2D eigenvalue weighted by molar-refractivity contribution is -0.385. The summed E-state index contributed by atoms with van der Waals surface area (Å²) in [5.74, 6) is 0.0664. The van der Waals surface area contributed by atoms with Crippen molar-refractivity contribution in [1.29, 1.82) is 0 Å². The van der Waals surface area contributed by atoms with Crippen LogP contribution in [-0.4, -0.2) is 10.7 Å². The first-order valence-electron chi connectivity index (χ1n) is 5.68. The minimum Gasteiger partial charge on any atom is -0.299 e. The van der Waals surface area contributed by atoms with E-state index >= 15 is 0 Å². The molecule has 5 heteroatoms. The number of ketones is 1. The fraction of sp³-hybridized carbons (Fsp3) is 0.462. The number of halogens is 1. The van der Waals surface area contributed by atoms with Crippen LogP contribution >= 0.6 is 11.6 Å². The average molecular weight is 270 g/mol. The number of rotatable bonds is 4. The number of hydrogen-bond acceptors (Lipinski definition) is 3. The smallest absolute Gasteiger partial charge is 0.274 e. The van der Waals surface area contributed by atoms with E-state index in [1.165, 1.54) is 12.1 Å². The van der Waals surface area contributed by atoms with Gasteiger partial charge in [0.2, 0.25) is 0 Å². The minimum atomic E-state index is -0.469. The van der Waals surface area contributed by atoms with Crippen molar-refractivity contribution in [3.63, 3.8) is 0 Å². The van der Waals surface area contributed by atoms with Crippen LogP contribution in [0.15, 0.2) is 18.2 Å². The molecule has 0 fully saturated rings. The number of benzene rings is 1. The Bertz CT molecular complexity index is 478. The third-order valence-corrected chi connectivity index (χ3v) is 3.08. The molecule has 0 bridgehead atoms. The van der Waals surface area contributed by atoms with Gasteiger partial charge in [-0.25, -0.2) is 0 Å². The van der Waals surface area contributed by atoms with Crippen molar-refractivity contribution in [3.05, 3.63) is 38.9 Å². The molecule has 0 unspecified atom stereocenters. The first-order chi connectivity index (χ1) is 8.23. The molecule has 0 atom stereocenters. The van der Waals surface area contributed by atoms with E-state index in [0.29, 0.717) is 17.0 Å². The van der Waals surface area contributed by atoms with Crippen LogP contribution in [0.1, 0.15) is 32.8 Å². The largest absolute Gasteiger partial charge is 0.299 e. The molecule has 98 valence electrons. The van der Waals surface area contributed by atoms with Gasteiger partial charge in [-0.1, -0.05) is 38.4 Å². The summed E-state index contributed by atoms with van der Waals surface area (Å²) in [6.45, 7) is 5.49. The quantitative estimate of drug-likeness (QED) is 0.617. The van der Waals surface area contributed by atoms with E-state index in [-0.39, 0.29) is 17.9 Å². The average Bonchev–Trinajstić information content (AvgIpc) is 2.25. The predicted octanol–water partition coefficient (Wildman–Crippen LogP) is 3.80. The second-order valence-corrected chi connectivity index (χ2v) is 5.58. The molecule has 0 radical (unpaired) electrons. The van der Waals surface area contributed by atoms with Gasteiger partial charge >= 0.3 is 0 Å². The summed E-state index contributed by atoms with van der Waals surface area (Å²) >= 11 is 5.96. The zero-order chi connectivity index (χ0) is 13.9. The van der Waals surface area contributed by atoms with Crippen LogP contribution in [0.2, 0.25) is 5.02 Å². The first-order valence-corrected chi connectivity index (χ1v) is 6.06. The van der Waals surface area contributed by atoms with Gasteiger partial charge in [0.25, 0.3) is 5.69 Å². The summed E-state index contributed by atoms with van der Waals surface area (Å²) in [5.41, 5.74) is -0.0262. The van der Waals surface area contributed by atoms with Crippen LogP contribution < -0.4 is 0 Å². The van der Waals surface area contributed by atoms with Crippen LogP contribution in [0.5, 0.6) is 0 Å². The number of hydrogen-bond donors (Lipinski definition) is 0. The van der Waals surface area contributed by atoms with Crippen LogP contribution in [-0.2, 0) is 11.2 Å². The Kier molecular flexibility index (Phi) is 4.46. The van der Waals surface area contributed by atoms with Gasteiger partial charge < -0.3 is 0 Å². The summed E-state index contributed by atoms with van der Waals surface area (Å²) in [7, 11) is 0. The highest BCUT2D eigenvalue weighted by molar-refractivity contribution is 6.31. The van der Waals surface area contributed by atoms with Crippen LogP contribution in [0.25, 0.3) is 0 Å². The molecule has 0 saturated heterocycles. The molecule has 0 saturated carbocycles. The molecule has 18 heavy (non-hydrogen) atoms. The van der Waals surface area contributed by atoms with E-state index in [2.05, 4.69) is 0 Å². The molecule has 0 spiro atoms. The molecule has 0 aliphatic carbocycles. The number of nitro benzene ring substituents is 1. The summed E-state index contributed by atoms with van der Waals surface area (Å²) in [6, 6.07) is 4.55. The fourth-order valence-corrected chi connectivity index (χ4v) is 1.84. The monoisotopic (exact) mass is 269 g/mol. The molecule has 0 heterocycles. The summed E-state index contributed by atoms with van der Waals surface area (Å²) in [5, 5.41) is 11.2. The van der Waals surface area contributed by atoms with Crippen LogP contribution in [0, 0.1) is 15.5 Å². The van der Waals surface area contributed by atoms with Gasteiger partial charge in [-0.2, -0.15) is 0 Å². The van der Waals surface area contributed by atoms with Crippen molar-refractivity contribution in [3.8, 4) is 0 Å². The van der Waals surface area contributed by atoms with Crippen molar-refractivity contribution in [2.75, 3.05) is 0 Å². The summed E-state index contributed by atoms with van der Waals surface area (Å²) < 4.78 is 0. The van der Waals surface area contributed by atoms with Gasteiger partial charge in [-0.15, -0.1) is 0 Å². The minimum absolute atomic E-state index is 0.0239. The molecule has 4 nitrogen and oxygen atoms in total. The van der Waals surface area contributed by atoms with Crippen molar-refractivity contribution in [1.82, 2.24) is 0 Å². The third kappa shape index (κ3) is 3.53. The third-order valence-electron chi connectivity index (χ3n) is 2.73. The normalized spacial score (nSPS) is 11.3. The molecular weight excluding hydrogens is 254 g/mol. The van der Waals surface area contributed by atoms with E-state index in [9.17, 15) is 14.9 Å². The number of carbonyl (C=O) groups excluding carboxylic acids is 1. The highest BCUT2D eigenvalue weighted by Gasteiger charge is 2.23. The molecule has 0 amide bonds. The number of carbonyl (C=O) groups is 1. The molecule has 0 N–H and O–H groups in total. The number of Topliss-reactive ketones (excluding diaryl/α,β-unsaturated/α-hetero) is 1. The highest BCUT2D eigenvalue weighted by atomic mass is 35.5.